The Balaban J connectivity index is 1.65. The van der Waals surface area contributed by atoms with Gasteiger partial charge in [0, 0.05) is 42.9 Å². The maximum Gasteiger partial charge on any atom is 0.134 e. The molecule has 1 aromatic heterocycles. The molecule has 0 saturated carbocycles. The quantitative estimate of drug-likeness (QED) is 0.912. The number of aliphatic hydroxyl groups excluding tert-OH is 1. The third-order valence-electron chi connectivity index (χ3n) is 4.47. The van der Waals surface area contributed by atoms with Gasteiger partial charge in [-0.1, -0.05) is 23.7 Å². The molecule has 1 fully saturated rings. The van der Waals surface area contributed by atoms with Gasteiger partial charge in [-0.3, -0.25) is 4.90 Å². The summed E-state index contributed by atoms with van der Waals surface area (Å²) in [5, 5.41) is 9.90. The van der Waals surface area contributed by atoms with Gasteiger partial charge in [0.2, 0.25) is 0 Å². The maximum atomic E-state index is 9.19. The highest BCUT2D eigenvalue weighted by Crippen LogP contribution is 2.25. The number of benzene rings is 1. The van der Waals surface area contributed by atoms with E-state index in [0.29, 0.717) is 11.1 Å². The first-order valence-corrected chi connectivity index (χ1v) is 8.41. The lowest BCUT2D eigenvalue weighted by Gasteiger charge is -2.39. The van der Waals surface area contributed by atoms with Crippen molar-refractivity contribution in [2.24, 2.45) is 0 Å². The largest absolute Gasteiger partial charge is 0.460 e. The van der Waals surface area contributed by atoms with Crippen molar-refractivity contribution in [3.8, 4) is 11.3 Å². The van der Waals surface area contributed by atoms with E-state index in [0.717, 1.165) is 49.7 Å². The average molecular weight is 335 g/mol. The molecule has 1 saturated heterocycles. The molecule has 0 amide bonds. The minimum Gasteiger partial charge on any atom is -0.460 e. The van der Waals surface area contributed by atoms with Crippen molar-refractivity contribution in [3.05, 3.63) is 47.2 Å². The average Bonchev–Trinajstić information content (AvgIpc) is 2.99. The summed E-state index contributed by atoms with van der Waals surface area (Å²) in [6.07, 6.45) is 0.818. The van der Waals surface area contributed by atoms with Crippen LogP contribution in [-0.4, -0.2) is 54.2 Å². The van der Waals surface area contributed by atoms with Crippen molar-refractivity contribution in [3.63, 3.8) is 0 Å². The molecule has 1 unspecified atom stereocenters. The van der Waals surface area contributed by atoms with Crippen LogP contribution in [0.2, 0.25) is 5.02 Å². The number of aliphatic hydroxyl groups is 1. The Bertz CT molecular complexity index is 643. The Morgan fingerprint density at radius 1 is 1.26 bits per heavy atom. The zero-order valence-electron chi connectivity index (χ0n) is 13.4. The zero-order valence-corrected chi connectivity index (χ0v) is 14.2. The summed E-state index contributed by atoms with van der Waals surface area (Å²) in [6.45, 7) is 4.04. The summed E-state index contributed by atoms with van der Waals surface area (Å²) < 4.78 is 5.99. The Hall–Kier alpha value is -1.33. The van der Waals surface area contributed by atoms with Crippen LogP contribution in [-0.2, 0) is 6.54 Å². The van der Waals surface area contributed by atoms with Gasteiger partial charge in [-0.05, 0) is 37.7 Å². The maximum absolute atomic E-state index is 9.19. The van der Waals surface area contributed by atoms with Crippen LogP contribution in [0.4, 0.5) is 0 Å². The first kappa shape index (κ1) is 16.5. The lowest BCUT2D eigenvalue weighted by atomic mass is 10.1. The molecule has 2 heterocycles. The van der Waals surface area contributed by atoms with E-state index < -0.39 is 0 Å². The number of nitrogens with zero attached hydrogens (tertiary/aromatic N) is 2. The molecule has 124 valence electrons. The second-order valence-electron chi connectivity index (χ2n) is 6.16. The van der Waals surface area contributed by atoms with Crippen molar-refractivity contribution in [1.82, 2.24) is 9.80 Å². The molecule has 0 radical (unpaired) electrons. The van der Waals surface area contributed by atoms with Crippen LogP contribution in [0.5, 0.6) is 0 Å². The summed E-state index contributed by atoms with van der Waals surface area (Å²) in [5.74, 6) is 1.82. The molecule has 23 heavy (non-hydrogen) atoms. The van der Waals surface area contributed by atoms with Gasteiger partial charge in [-0.25, -0.2) is 0 Å². The number of rotatable bonds is 5. The molecule has 2 aromatic rings. The standard InChI is InChI=1S/C18H23ClN2O2/c1-20-8-9-21(12-16(20)7-10-22)13-17-5-6-18(23-17)14-3-2-4-15(19)11-14/h2-6,11,16,22H,7-10,12-13H2,1H3. The molecule has 1 aliphatic heterocycles. The van der Waals surface area contributed by atoms with Gasteiger partial charge in [0.25, 0.3) is 0 Å². The Labute approximate surface area is 142 Å². The lowest BCUT2D eigenvalue weighted by molar-refractivity contribution is 0.0705. The van der Waals surface area contributed by atoms with Crippen LogP contribution >= 0.6 is 11.6 Å². The summed E-state index contributed by atoms with van der Waals surface area (Å²) >= 11 is 6.04. The van der Waals surface area contributed by atoms with Crippen molar-refractivity contribution >= 4 is 11.6 Å². The third kappa shape index (κ3) is 4.15. The second-order valence-corrected chi connectivity index (χ2v) is 6.59. The normalized spacial score (nSPS) is 20.0. The first-order valence-electron chi connectivity index (χ1n) is 8.04. The van der Waals surface area contributed by atoms with Gasteiger partial charge >= 0.3 is 0 Å². The molecule has 1 N–H and O–H groups in total. The molecule has 3 rings (SSSR count). The molecule has 1 aromatic carbocycles. The minimum atomic E-state index is 0.239. The highest BCUT2D eigenvalue weighted by molar-refractivity contribution is 6.30. The van der Waals surface area contributed by atoms with Gasteiger partial charge in [0.15, 0.2) is 0 Å². The number of piperazine rings is 1. The summed E-state index contributed by atoms with van der Waals surface area (Å²) in [4.78, 5) is 4.72. The first-order chi connectivity index (χ1) is 11.2. The van der Waals surface area contributed by atoms with Gasteiger partial charge in [0.1, 0.15) is 11.5 Å². The zero-order chi connectivity index (χ0) is 16.2. The molecule has 0 bridgehead atoms. The number of likely N-dealkylation sites (N-methyl/N-ethyl adjacent to an activating group) is 1. The number of hydrogen-bond donors (Lipinski definition) is 1. The summed E-state index contributed by atoms with van der Waals surface area (Å²) in [7, 11) is 2.13. The molecule has 0 aliphatic carbocycles. The van der Waals surface area contributed by atoms with Crippen LogP contribution in [0, 0.1) is 0 Å². The van der Waals surface area contributed by atoms with E-state index in [4.69, 9.17) is 16.0 Å². The topological polar surface area (TPSA) is 39.9 Å². The predicted octanol–water partition coefficient (Wildman–Crippen LogP) is 3.10. The van der Waals surface area contributed by atoms with E-state index in [1.807, 2.05) is 36.4 Å². The monoisotopic (exact) mass is 334 g/mol. The van der Waals surface area contributed by atoms with Crippen LogP contribution in [0.1, 0.15) is 12.2 Å². The van der Waals surface area contributed by atoms with Crippen LogP contribution in [0.3, 0.4) is 0 Å². The Kier molecular flexibility index (Phi) is 5.38. The third-order valence-corrected chi connectivity index (χ3v) is 4.71. The molecule has 0 spiro atoms. The van der Waals surface area contributed by atoms with E-state index in [-0.39, 0.29) is 6.61 Å². The van der Waals surface area contributed by atoms with E-state index >= 15 is 0 Å². The van der Waals surface area contributed by atoms with Crippen molar-refractivity contribution in [2.45, 2.75) is 19.0 Å². The molecule has 1 aliphatic rings. The highest BCUT2D eigenvalue weighted by Gasteiger charge is 2.24. The van der Waals surface area contributed by atoms with Crippen molar-refractivity contribution in [2.75, 3.05) is 33.3 Å². The predicted molar refractivity (Wildman–Crippen MR) is 92.6 cm³/mol. The fourth-order valence-corrected chi connectivity index (χ4v) is 3.29. The van der Waals surface area contributed by atoms with E-state index in [9.17, 15) is 5.11 Å². The number of furan rings is 1. The number of hydrogen-bond acceptors (Lipinski definition) is 4. The fraction of sp³-hybridized carbons (Fsp3) is 0.444. The Morgan fingerprint density at radius 2 is 2.13 bits per heavy atom. The molecular weight excluding hydrogens is 312 g/mol. The smallest absolute Gasteiger partial charge is 0.134 e. The van der Waals surface area contributed by atoms with E-state index in [2.05, 4.69) is 16.8 Å². The molecule has 1 atom stereocenters. The van der Waals surface area contributed by atoms with Gasteiger partial charge < -0.3 is 14.4 Å². The van der Waals surface area contributed by atoms with E-state index in [1.54, 1.807) is 0 Å². The molecule has 4 nitrogen and oxygen atoms in total. The minimum absolute atomic E-state index is 0.239. The SMILES string of the molecule is CN1CCN(Cc2ccc(-c3cccc(Cl)c3)o2)CC1CCO. The molecular formula is C18H23ClN2O2. The molecule has 5 heteroatoms. The second kappa shape index (κ2) is 7.49. The van der Waals surface area contributed by atoms with E-state index in [1.165, 1.54) is 0 Å². The lowest BCUT2D eigenvalue weighted by Crippen LogP contribution is -2.51. The van der Waals surface area contributed by atoms with Crippen molar-refractivity contribution in [1.29, 1.82) is 0 Å². The van der Waals surface area contributed by atoms with Gasteiger partial charge in [-0.15, -0.1) is 0 Å². The number of halogens is 1. The highest BCUT2D eigenvalue weighted by atomic mass is 35.5. The van der Waals surface area contributed by atoms with Crippen LogP contribution in [0.15, 0.2) is 40.8 Å². The Morgan fingerprint density at radius 3 is 2.91 bits per heavy atom. The summed E-state index contributed by atoms with van der Waals surface area (Å²) in [5.41, 5.74) is 1.00. The van der Waals surface area contributed by atoms with Gasteiger partial charge in [-0.2, -0.15) is 0 Å². The summed E-state index contributed by atoms with van der Waals surface area (Å²) in [6, 6.07) is 12.2. The van der Waals surface area contributed by atoms with Crippen molar-refractivity contribution < 1.29 is 9.52 Å². The fourth-order valence-electron chi connectivity index (χ4n) is 3.09. The van der Waals surface area contributed by atoms with Gasteiger partial charge in [0.05, 0.1) is 6.54 Å². The van der Waals surface area contributed by atoms with Crippen LogP contribution in [0.25, 0.3) is 11.3 Å². The van der Waals surface area contributed by atoms with Crippen LogP contribution < -0.4 is 0 Å².